The van der Waals surface area contributed by atoms with Crippen LogP contribution in [0.3, 0.4) is 0 Å². The van der Waals surface area contributed by atoms with E-state index in [1.54, 1.807) is 44.2 Å². The lowest BCUT2D eigenvalue weighted by atomic mass is 10.1. The molecule has 1 aromatic heterocycles. The van der Waals surface area contributed by atoms with Crippen molar-refractivity contribution in [3.05, 3.63) is 57.5 Å². The Morgan fingerprint density at radius 2 is 1.71 bits per heavy atom. The van der Waals surface area contributed by atoms with Gasteiger partial charge in [0.25, 0.3) is 5.91 Å². The molecule has 0 bridgehead atoms. The number of carbonyl (C=O) groups is 3. The Morgan fingerprint density at radius 1 is 1.04 bits per heavy atom. The highest BCUT2D eigenvalue weighted by molar-refractivity contribution is 9.10. The van der Waals surface area contributed by atoms with E-state index in [4.69, 9.17) is 4.42 Å². The minimum atomic E-state index is -0.461. The van der Waals surface area contributed by atoms with Crippen LogP contribution >= 0.6 is 15.9 Å². The van der Waals surface area contributed by atoms with Crippen LogP contribution in [0.4, 0.5) is 0 Å². The Morgan fingerprint density at radius 3 is 2.29 bits per heavy atom. The number of ketones is 1. The van der Waals surface area contributed by atoms with Crippen LogP contribution in [0, 0.1) is 13.8 Å². The number of rotatable bonds is 5. The largest absolute Gasteiger partial charge is 0.466 e. The lowest BCUT2D eigenvalue weighted by Crippen LogP contribution is -2.41. The van der Waals surface area contributed by atoms with Crippen LogP contribution in [0.1, 0.15) is 45.1 Å². The van der Waals surface area contributed by atoms with Gasteiger partial charge in [0, 0.05) is 22.9 Å². The van der Waals surface area contributed by atoms with Gasteiger partial charge in [-0.2, -0.15) is 0 Å². The third-order valence-electron chi connectivity index (χ3n) is 3.35. The molecule has 0 aliphatic carbocycles. The summed E-state index contributed by atoms with van der Waals surface area (Å²) in [5.74, 6) is 0.0580. The van der Waals surface area contributed by atoms with Crippen LogP contribution < -0.4 is 10.9 Å². The molecule has 7 heteroatoms. The lowest BCUT2D eigenvalue weighted by Gasteiger charge is -2.06. The second-order valence-corrected chi connectivity index (χ2v) is 6.17. The van der Waals surface area contributed by atoms with Crippen molar-refractivity contribution in [1.29, 1.82) is 0 Å². The third kappa shape index (κ3) is 4.79. The molecule has 0 saturated heterocycles. The number of Topliss-reactive ketones (excluding diaryl/α,β-unsaturated/α-hetero) is 1. The summed E-state index contributed by atoms with van der Waals surface area (Å²) in [5, 5.41) is 0. The normalized spacial score (nSPS) is 10.3. The third-order valence-corrected chi connectivity index (χ3v) is 3.88. The van der Waals surface area contributed by atoms with Crippen LogP contribution in [0.15, 0.2) is 39.2 Å². The fraction of sp³-hybridized carbons (Fsp3) is 0.235. The Labute approximate surface area is 147 Å². The number of amides is 2. The fourth-order valence-electron chi connectivity index (χ4n) is 2.12. The highest BCUT2D eigenvalue weighted by Gasteiger charge is 2.14. The molecule has 2 aromatic rings. The summed E-state index contributed by atoms with van der Waals surface area (Å²) in [6.07, 6.45) is 0.0474. The number of halogens is 1. The molecule has 2 N–H and O–H groups in total. The van der Waals surface area contributed by atoms with Gasteiger partial charge in [-0.15, -0.1) is 0 Å². The Balaban J connectivity index is 1.79. The topological polar surface area (TPSA) is 88.4 Å². The van der Waals surface area contributed by atoms with Crippen molar-refractivity contribution in [1.82, 2.24) is 10.9 Å². The first kappa shape index (κ1) is 17.9. The van der Waals surface area contributed by atoms with Gasteiger partial charge in [-0.1, -0.05) is 28.1 Å². The quantitative estimate of drug-likeness (QED) is 0.604. The number of aryl methyl sites for hydroxylation is 2. The Bertz CT molecular complexity index is 765. The maximum Gasteiger partial charge on any atom is 0.273 e. The van der Waals surface area contributed by atoms with Gasteiger partial charge in [0.2, 0.25) is 5.91 Å². The molecule has 126 valence electrons. The minimum Gasteiger partial charge on any atom is -0.466 e. The van der Waals surface area contributed by atoms with Gasteiger partial charge in [-0.3, -0.25) is 25.2 Å². The molecule has 0 unspecified atom stereocenters. The molecule has 1 heterocycles. The summed E-state index contributed by atoms with van der Waals surface area (Å²) < 4.78 is 6.14. The molecule has 0 aliphatic rings. The molecule has 0 spiro atoms. The van der Waals surface area contributed by atoms with Gasteiger partial charge < -0.3 is 4.42 Å². The molecule has 0 radical (unpaired) electrons. The van der Waals surface area contributed by atoms with Crippen molar-refractivity contribution in [2.75, 3.05) is 0 Å². The van der Waals surface area contributed by atoms with Crippen molar-refractivity contribution in [2.24, 2.45) is 0 Å². The summed E-state index contributed by atoms with van der Waals surface area (Å²) in [6.45, 7) is 3.40. The molecular formula is C17H17BrN2O4. The Kier molecular flexibility index (Phi) is 5.92. The predicted octanol–water partition coefficient (Wildman–Crippen LogP) is 3.08. The van der Waals surface area contributed by atoms with Crippen LogP contribution in [0.2, 0.25) is 0 Å². The molecule has 2 rings (SSSR count). The number of hydrogen-bond donors (Lipinski definition) is 2. The molecule has 0 atom stereocenters. The maximum atomic E-state index is 12.0. The van der Waals surface area contributed by atoms with Gasteiger partial charge in [-0.25, -0.2) is 0 Å². The highest BCUT2D eigenvalue weighted by Crippen LogP contribution is 2.13. The molecular weight excluding hydrogens is 376 g/mol. The summed E-state index contributed by atoms with van der Waals surface area (Å²) >= 11 is 3.29. The summed E-state index contributed by atoms with van der Waals surface area (Å²) in [6, 6.07) is 8.51. The van der Waals surface area contributed by atoms with Crippen molar-refractivity contribution in [2.45, 2.75) is 26.7 Å². The second kappa shape index (κ2) is 7.92. The molecule has 24 heavy (non-hydrogen) atoms. The molecule has 2 amide bonds. The van der Waals surface area contributed by atoms with Gasteiger partial charge in [0.05, 0.1) is 5.56 Å². The van der Waals surface area contributed by atoms with Crippen molar-refractivity contribution in [3.63, 3.8) is 0 Å². The van der Waals surface area contributed by atoms with Crippen molar-refractivity contribution < 1.29 is 18.8 Å². The van der Waals surface area contributed by atoms with Crippen LogP contribution in [0.5, 0.6) is 0 Å². The zero-order valence-electron chi connectivity index (χ0n) is 13.3. The maximum absolute atomic E-state index is 12.0. The molecule has 0 aliphatic heterocycles. The van der Waals surface area contributed by atoms with E-state index >= 15 is 0 Å². The van der Waals surface area contributed by atoms with Crippen LogP contribution in [-0.4, -0.2) is 17.6 Å². The van der Waals surface area contributed by atoms with Gasteiger partial charge in [0.1, 0.15) is 11.5 Å². The summed E-state index contributed by atoms with van der Waals surface area (Å²) in [7, 11) is 0. The Hall–Kier alpha value is -2.41. The molecule has 1 aromatic carbocycles. The van der Waals surface area contributed by atoms with E-state index in [1.165, 1.54) is 0 Å². The number of hydrazine groups is 1. The zero-order valence-corrected chi connectivity index (χ0v) is 14.9. The standard InChI is InChI=1S/C17H17BrN2O4/c1-10-9-14(11(2)24-10)17(23)20-19-16(22)8-7-15(21)12-3-5-13(18)6-4-12/h3-6,9H,7-8H2,1-2H3,(H,19,22)(H,20,23). The SMILES string of the molecule is Cc1cc(C(=O)NNC(=O)CCC(=O)c2ccc(Br)cc2)c(C)o1. The first-order valence-corrected chi connectivity index (χ1v) is 8.11. The zero-order chi connectivity index (χ0) is 17.7. The lowest BCUT2D eigenvalue weighted by molar-refractivity contribution is -0.121. The van der Waals surface area contributed by atoms with E-state index < -0.39 is 11.8 Å². The number of hydrogen-bond acceptors (Lipinski definition) is 4. The first-order chi connectivity index (χ1) is 11.4. The molecule has 6 nitrogen and oxygen atoms in total. The average Bonchev–Trinajstić information content (AvgIpc) is 2.89. The fourth-order valence-corrected chi connectivity index (χ4v) is 2.38. The van der Waals surface area contributed by atoms with Crippen LogP contribution in [-0.2, 0) is 4.79 Å². The van der Waals surface area contributed by atoms with E-state index in [1.807, 2.05) is 0 Å². The molecule has 0 fully saturated rings. The van der Waals surface area contributed by atoms with E-state index in [-0.39, 0.29) is 18.6 Å². The van der Waals surface area contributed by atoms with Crippen molar-refractivity contribution in [3.8, 4) is 0 Å². The average molecular weight is 393 g/mol. The molecule has 0 saturated carbocycles. The summed E-state index contributed by atoms with van der Waals surface area (Å²) in [4.78, 5) is 35.6. The van der Waals surface area contributed by atoms with E-state index in [2.05, 4.69) is 26.8 Å². The monoisotopic (exact) mass is 392 g/mol. The smallest absolute Gasteiger partial charge is 0.273 e. The number of benzene rings is 1. The number of furan rings is 1. The van der Waals surface area contributed by atoms with E-state index in [0.29, 0.717) is 22.6 Å². The van der Waals surface area contributed by atoms with E-state index in [9.17, 15) is 14.4 Å². The predicted molar refractivity (Wildman–Crippen MR) is 91.5 cm³/mol. The number of carbonyl (C=O) groups excluding carboxylic acids is 3. The number of nitrogens with one attached hydrogen (secondary N) is 2. The highest BCUT2D eigenvalue weighted by atomic mass is 79.9. The van der Waals surface area contributed by atoms with Gasteiger partial charge >= 0.3 is 0 Å². The summed E-state index contributed by atoms with van der Waals surface area (Å²) in [5.41, 5.74) is 5.50. The van der Waals surface area contributed by atoms with Crippen molar-refractivity contribution >= 4 is 33.5 Å². The van der Waals surface area contributed by atoms with E-state index in [0.717, 1.165) is 4.47 Å². The van der Waals surface area contributed by atoms with Crippen LogP contribution in [0.25, 0.3) is 0 Å². The second-order valence-electron chi connectivity index (χ2n) is 5.26. The minimum absolute atomic E-state index is 0.0153. The van der Waals surface area contributed by atoms with Gasteiger partial charge in [0.15, 0.2) is 5.78 Å². The van der Waals surface area contributed by atoms with Gasteiger partial charge in [-0.05, 0) is 32.0 Å². The first-order valence-electron chi connectivity index (χ1n) is 7.32.